The first-order chi connectivity index (χ1) is 12.2. The maximum atomic E-state index is 5.45. The lowest BCUT2D eigenvalue weighted by Gasteiger charge is -2.09. The number of nitrogens with one attached hydrogen (secondary N) is 2. The van der Waals surface area contributed by atoms with Gasteiger partial charge in [0.05, 0.1) is 13.3 Å². The van der Waals surface area contributed by atoms with Crippen molar-refractivity contribution in [3.05, 3.63) is 71.8 Å². The van der Waals surface area contributed by atoms with Gasteiger partial charge < -0.3 is 10.1 Å². The zero-order chi connectivity index (χ0) is 17.6. The van der Waals surface area contributed by atoms with E-state index in [-0.39, 0.29) is 0 Å². The maximum Gasteiger partial charge on any atom is 0.191 e. The summed E-state index contributed by atoms with van der Waals surface area (Å²) in [5, 5.41) is 9.99. The molecular weight excluding hydrogens is 330 g/mol. The van der Waals surface area contributed by atoms with E-state index in [0.717, 1.165) is 27.8 Å². The Hall–Kier alpha value is -2.92. The van der Waals surface area contributed by atoms with Crippen LogP contribution < -0.4 is 15.5 Å². The van der Waals surface area contributed by atoms with Crippen LogP contribution >= 0.6 is 12.2 Å². The Morgan fingerprint density at radius 3 is 2.56 bits per heavy atom. The van der Waals surface area contributed by atoms with Crippen LogP contribution in [0.1, 0.15) is 11.1 Å². The van der Waals surface area contributed by atoms with Crippen LogP contribution in [-0.2, 0) is 0 Å². The average Bonchev–Trinajstić information content (AvgIpc) is 2.63. The second-order valence-corrected chi connectivity index (χ2v) is 6.00. The van der Waals surface area contributed by atoms with Gasteiger partial charge in [0.15, 0.2) is 5.11 Å². The van der Waals surface area contributed by atoms with E-state index >= 15 is 0 Å². The molecule has 3 aromatic carbocycles. The molecule has 0 aliphatic rings. The van der Waals surface area contributed by atoms with Crippen LogP contribution in [0.5, 0.6) is 5.75 Å². The third kappa shape index (κ3) is 4.14. The zero-order valence-electron chi connectivity index (χ0n) is 14.1. The van der Waals surface area contributed by atoms with Crippen molar-refractivity contribution >= 4 is 40.0 Å². The van der Waals surface area contributed by atoms with E-state index in [1.807, 2.05) is 61.5 Å². The number of anilines is 1. The molecule has 0 saturated heterocycles. The van der Waals surface area contributed by atoms with Crippen LogP contribution in [0.3, 0.4) is 0 Å². The van der Waals surface area contributed by atoms with Gasteiger partial charge in [0, 0.05) is 11.3 Å². The number of hydrogen-bond donors (Lipinski definition) is 2. The minimum absolute atomic E-state index is 0.430. The molecule has 0 heterocycles. The summed E-state index contributed by atoms with van der Waals surface area (Å²) in [6, 6.07) is 20.1. The van der Waals surface area contributed by atoms with Gasteiger partial charge in [0.1, 0.15) is 5.75 Å². The third-order valence-corrected chi connectivity index (χ3v) is 4.01. The summed E-state index contributed by atoms with van der Waals surface area (Å²) in [7, 11) is 1.65. The van der Waals surface area contributed by atoms with Crippen LogP contribution in [0.25, 0.3) is 10.8 Å². The van der Waals surface area contributed by atoms with Gasteiger partial charge in [-0.2, -0.15) is 5.10 Å². The molecule has 0 amide bonds. The van der Waals surface area contributed by atoms with E-state index < -0.39 is 0 Å². The molecule has 0 atom stereocenters. The Balaban J connectivity index is 1.74. The van der Waals surface area contributed by atoms with Crippen molar-refractivity contribution in [2.75, 3.05) is 12.4 Å². The molecule has 0 saturated carbocycles. The Bertz CT molecular complexity index is 920. The van der Waals surface area contributed by atoms with Crippen LogP contribution in [0.15, 0.2) is 65.8 Å². The summed E-state index contributed by atoms with van der Waals surface area (Å²) in [6.07, 6.45) is 1.73. The van der Waals surface area contributed by atoms with Gasteiger partial charge in [-0.25, -0.2) is 0 Å². The van der Waals surface area contributed by atoms with Crippen molar-refractivity contribution in [3.63, 3.8) is 0 Å². The number of aryl methyl sites for hydroxylation is 1. The number of hydrazone groups is 1. The van der Waals surface area contributed by atoms with Crippen molar-refractivity contribution in [2.24, 2.45) is 5.10 Å². The van der Waals surface area contributed by atoms with Crippen LogP contribution in [0, 0.1) is 6.92 Å². The summed E-state index contributed by atoms with van der Waals surface area (Å²) in [6.45, 7) is 2.04. The molecule has 25 heavy (non-hydrogen) atoms. The second-order valence-electron chi connectivity index (χ2n) is 5.59. The molecule has 0 aliphatic heterocycles. The predicted octanol–water partition coefficient (Wildman–Crippen LogP) is 4.48. The number of nitrogens with zero attached hydrogens (tertiary/aromatic N) is 1. The average molecular weight is 349 g/mol. The first kappa shape index (κ1) is 16.9. The van der Waals surface area contributed by atoms with Crippen LogP contribution in [0.2, 0.25) is 0 Å². The van der Waals surface area contributed by atoms with Gasteiger partial charge in [0.25, 0.3) is 0 Å². The molecule has 0 unspecified atom stereocenters. The summed E-state index contributed by atoms with van der Waals surface area (Å²) in [4.78, 5) is 0. The summed E-state index contributed by atoms with van der Waals surface area (Å²) in [5.41, 5.74) is 5.87. The van der Waals surface area contributed by atoms with E-state index in [0.29, 0.717) is 5.11 Å². The van der Waals surface area contributed by atoms with Crippen molar-refractivity contribution in [1.29, 1.82) is 0 Å². The molecule has 3 aromatic rings. The van der Waals surface area contributed by atoms with E-state index in [4.69, 9.17) is 17.0 Å². The number of benzene rings is 3. The molecule has 2 N–H and O–H groups in total. The summed E-state index contributed by atoms with van der Waals surface area (Å²) in [5.74, 6) is 0.765. The summed E-state index contributed by atoms with van der Waals surface area (Å²) >= 11 is 5.27. The molecule has 0 aliphatic carbocycles. The van der Waals surface area contributed by atoms with Gasteiger partial charge in [-0.05, 0) is 48.1 Å². The van der Waals surface area contributed by atoms with Gasteiger partial charge >= 0.3 is 0 Å². The van der Waals surface area contributed by atoms with Crippen molar-refractivity contribution in [1.82, 2.24) is 5.43 Å². The predicted molar refractivity (Wildman–Crippen MR) is 109 cm³/mol. The molecule has 126 valence electrons. The molecule has 0 radical (unpaired) electrons. The highest BCUT2D eigenvalue weighted by molar-refractivity contribution is 7.80. The highest BCUT2D eigenvalue weighted by atomic mass is 32.1. The largest absolute Gasteiger partial charge is 0.496 e. The SMILES string of the molecule is COc1ccc2ccccc2c1C=NNC(=S)Nc1ccc(C)cc1. The fraction of sp³-hybridized carbons (Fsp3) is 0.100. The quantitative estimate of drug-likeness (QED) is 0.414. The molecule has 0 aromatic heterocycles. The monoisotopic (exact) mass is 349 g/mol. The lowest BCUT2D eigenvalue weighted by Crippen LogP contribution is -2.23. The fourth-order valence-corrected chi connectivity index (χ4v) is 2.71. The van der Waals surface area contributed by atoms with Gasteiger partial charge in [0.2, 0.25) is 0 Å². The molecular formula is C20H19N3OS. The second kappa shape index (κ2) is 7.77. The van der Waals surface area contributed by atoms with Gasteiger partial charge in [-0.3, -0.25) is 5.43 Å². The van der Waals surface area contributed by atoms with Gasteiger partial charge in [-0.15, -0.1) is 0 Å². The Morgan fingerprint density at radius 2 is 1.80 bits per heavy atom. The Kier molecular flexibility index (Phi) is 5.26. The lowest BCUT2D eigenvalue weighted by molar-refractivity contribution is 0.415. The minimum Gasteiger partial charge on any atom is -0.496 e. The number of ether oxygens (including phenoxy) is 1. The number of hydrogen-bond acceptors (Lipinski definition) is 3. The molecule has 0 fully saturated rings. The zero-order valence-corrected chi connectivity index (χ0v) is 14.9. The topological polar surface area (TPSA) is 45.6 Å². The smallest absolute Gasteiger partial charge is 0.191 e. The van der Waals surface area contributed by atoms with E-state index in [9.17, 15) is 0 Å². The van der Waals surface area contributed by atoms with E-state index in [1.165, 1.54) is 5.56 Å². The van der Waals surface area contributed by atoms with Crippen LogP contribution in [0.4, 0.5) is 5.69 Å². The Labute approximate surface area is 152 Å². The number of methoxy groups -OCH3 is 1. The lowest BCUT2D eigenvalue weighted by atomic mass is 10.0. The van der Waals surface area contributed by atoms with Crippen molar-refractivity contribution in [3.8, 4) is 5.75 Å². The first-order valence-electron chi connectivity index (χ1n) is 7.90. The molecule has 0 spiro atoms. The minimum atomic E-state index is 0.430. The van der Waals surface area contributed by atoms with E-state index in [1.54, 1.807) is 13.3 Å². The van der Waals surface area contributed by atoms with Crippen molar-refractivity contribution in [2.45, 2.75) is 6.92 Å². The van der Waals surface area contributed by atoms with Crippen LogP contribution in [-0.4, -0.2) is 18.4 Å². The molecule has 4 nitrogen and oxygen atoms in total. The molecule has 5 heteroatoms. The summed E-state index contributed by atoms with van der Waals surface area (Å²) < 4.78 is 5.45. The highest BCUT2D eigenvalue weighted by Gasteiger charge is 2.06. The van der Waals surface area contributed by atoms with Crippen molar-refractivity contribution < 1.29 is 4.74 Å². The standard InChI is InChI=1S/C20H19N3OS/c1-14-7-10-16(11-8-14)22-20(25)23-21-13-18-17-6-4-3-5-15(17)9-12-19(18)24-2/h3-13H,1-2H3,(H2,22,23,25). The maximum absolute atomic E-state index is 5.45. The Morgan fingerprint density at radius 1 is 1.04 bits per heavy atom. The van der Waals surface area contributed by atoms with E-state index in [2.05, 4.69) is 21.9 Å². The molecule has 3 rings (SSSR count). The fourth-order valence-electron chi connectivity index (χ4n) is 2.54. The highest BCUT2D eigenvalue weighted by Crippen LogP contribution is 2.26. The molecule has 0 bridgehead atoms. The number of rotatable bonds is 4. The number of thiocarbonyl (C=S) groups is 1. The third-order valence-electron chi connectivity index (χ3n) is 3.82. The van der Waals surface area contributed by atoms with Gasteiger partial charge in [-0.1, -0.05) is 48.0 Å². The number of fused-ring (bicyclic) bond motifs is 1. The normalized spacial score (nSPS) is 10.8. The first-order valence-corrected chi connectivity index (χ1v) is 8.30.